The molecule has 1 heterocycles. The predicted octanol–water partition coefficient (Wildman–Crippen LogP) is 2.91. The molecule has 0 saturated heterocycles. The molecule has 4 nitrogen and oxygen atoms in total. The van der Waals surface area contributed by atoms with Crippen LogP contribution >= 0.6 is 11.8 Å². The third-order valence-corrected chi connectivity index (χ3v) is 2.69. The fourth-order valence-corrected chi connectivity index (χ4v) is 1.76. The smallest absolute Gasteiger partial charge is 0.298 e. The monoisotopic (exact) mass is 245 g/mol. The van der Waals surface area contributed by atoms with E-state index in [1.165, 1.54) is 0 Å². The number of nitrogens with one attached hydrogen (secondary N) is 2. The van der Waals surface area contributed by atoms with Gasteiger partial charge in [0.15, 0.2) is 0 Å². The van der Waals surface area contributed by atoms with E-state index in [2.05, 4.69) is 15.8 Å². The van der Waals surface area contributed by atoms with Crippen molar-refractivity contribution in [1.82, 2.24) is 10.4 Å². The third-order valence-electron chi connectivity index (χ3n) is 1.93. The number of carbonyl (C=O) groups excluding carboxylic acids is 1. The molecule has 2 aromatic rings. The molecule has 0 saturated carbocycles. The Morgan fingerprint density at radius 1 is 1.12 bits per heavy atom. The highest BCUT2D eigenvalue weighted by Gasteiger charge is 2.03. The summed E-state index contributed by atoms with van der Waals surface area (Å²) < 4.78 is 0. The third kappa shape index (κ3) is 3.81. The van der Waals surface area contributed by atoms with Gasteiger partial charge in [-0.3, -0.25) is 20.6 Å². The second-order valence-electron chi connectivity index (χ2n) is 3.19. The summed E-state index contributed by atoms with van der Waals surface area (Å²) in [5.41, 5.74) is 6.26. The molecular formula is C12H11N3OS. The lowest BCUT2D eigenvalue weighted by atomic mass is 10.3. The summed E-state index contributed by atoms with van der Waals surface area (Å²) in [6.07, 6.45) is 3.32. The molecule has 0 radical (unpaired) electrons. The molecule has 0 aliphatic heterocycles. The van der Waals surface area contributed by atoms with E-state index in [9.17, 15) is 4.79 Å². The van der Waals surface area contributed by atoms with Gasteiger partial charge in [-0.2, -0.15) is 0 Å². The Bertz CT molecular complexity index is 476. The van der Waals surface area contributed by atoms with Crippen LogP contribution < -0.4 is 10.9 Å². The van der Waals surface area contributed by atoms with Gasteiger partial charge in [0, 0.05) is 17.3 Å². The normalized spacial score (nSPS) is 9.65. The maximum absolute atomic E-state index is 11.5. The standard InChI is InChI=1S/C12H11N3OS/c16-12(17-11-7-4-8-13-9-11)15-14-10-5-2-1-3-6-10/h1-9,14H,(H,15,16). The average molecular weight is 245 g/mol. The van der Waals surface area contributed by atoms with Gasteiger partial charge in [-0.15, -0.1) is 0 Å². The van der Waals surface area contributed by atoms with E-state index in [4.69, 9.17) is 0 Å². The van der Waals surface area contributed by atoms with Crippen LogP contribution in [-0.2, 0) is 0 Å². The van der Waals surface area contributed by atoms with Crippen molar-refractivity contribution in [3.63, 3.8) is 0 Å². The van der Waals surface area contributed by atoms with E-state index >= 15 is 0 Å². The number of benzene rings is 1. The van der Waals surface area contributed by atoms with Crippen molar-refractivity contribution in [2.45, 2.75) is 4.90 Å². The Kier molecular flexibility index (Phi) is 3.99. The lowest BCUT2D eigenvalue weighted by molar-refractivity contribution is 0.262. The topological polar surface area (TPSA) is 54.0 Å². The van der Waals surface area contributed by atoms with E-state index in [-0.39, 0.29) is 5.24 Å². The number of hydrogen-bond donors (Lipinski definition) is 2. The number of aromatic nitrogens is 1. The van der Waals surface area contributed by atoms with Crippen LogP contribution in [0.3, 0.4) is 0 Å². The zero-order valence-corrected chi connectivity index (χ0v) is 9.78. The summed E-state index contributed by atoms with van der Waals surface area (Å²) in [6.45, 7) is 0. The van der Waals surface area contributed by atoms with E-state index < -0.39 is 0 Å². The van der Waals surface area contributed by atoms with E-state index in [1.54, 1.807) is 18.5 Å². The molecule has 0 fully saturated rings. The van der Waals surface area contributed by atoms with Gasteiger partial charge < -0.3 is 0 Å². The molecule has 0 aliphatic carbocycles. The summed E-state index contributed by atoms with van der Waals surface area (Å²) in [5, 5.41) is -0.179. The number of hydrogen-bond acceptors (Lipinski definition) is 4. The summed E-state index contributed by atoms with van der Waals surface area (Å²) >= 11 is 1.09. The first kappa shape index (κ1) is 11.5. The number of anilines is 1. The van der Waals surface area contributed by atoms with Crippen LogP contribution in [0.25, 0.3) is 0 Å². The van der Waals surface area contributed by atoms with Gasteiger partial charge in [0.1, 0.15) is 0 Å². The molecular weight excluding hydrogens is 234 g/mol. The average Bonchev–Trinajstić information content (AvgIpc) is 2.39. The fourth-order valence-electron chi connectivity index (χ4n) is 1.18. The van der Waals surface area contributed by atoms with E-state index in [0.717, 1.165) is 22.3 Å². The molecule has 0 spiro atoms. The molecule has 1 amide bonds. The number of thioether (sulfide) groups is 1. The quantitative estimate of drug-likeness (QED) is 0.645. The van der Waals surface area contributed by atoms with Crippen molar-refractivity contribution >= 4 is 22.7 Å². The summed E-state index contributed by atoms with van der Waals surface area (Å²) in [7, 11) is 0. The van der Waals surface area contributed by atoms with Crippen molar-refractivity contribution in [3.05, 3.63) is 54.9 Å². The number of amides is 1. The number of pyridine rings is 1. The molecule has 0 unspecified atom stereocenters. The highest BCUT2D eigenvalue weighted by atomic mass is 32.2. The van der Waals surface area contributed by atoms with Gasteiger partial charge in [0.25, 0.3) is 0 Å². The Balaban J connectivity index is 1.83. The van der Waals surface area contributed by atoms with E-state index in [0.29, 0.717) is 0 Å². The molecule has 0 bridgehead atoms. The number of nitrogens with zero attached hydrogens (tertiary/aromatic N) is 1. The van der Waals surface area contributed by atoms with Crippen LogP contribution in [0.5, 0.6) is 0 Å². The highest BCUT2D eigenvalue weighted by Crippen LogP contribution is 2.16. The number of para-hydroxylation sites is 1. The van der Waals surface area contributed by atoms with Gasteiger partial charge in [-0.05, 0) is 36.0 Å². The molecule has 17 heavy (non-hydrogen) atoms. The first-order valence-electron chi connectivity index (χ1n) is 5.03. The van der Waals surface area contributed by atoms with Crippen molar-refractivity contribution in [3.8, 4) is 0 Å². The second-order valence-corrected chi connectivity index (χ2v) is 4.24. The van der Waals surface area contributed by atoms with Crippen LogP contribution in [0.4, 0.5) is 10.5 Å². The summed E-state index contributed by atoms with van der Waals surface area (Å²) in [6, 6.07) is 13.1. The van der Waals surface area contributed by atoms with Gasteiger partial charge in [0.05, 0.1) is 5.69 Å². The number of rotatable bonds is 3. The van der Waals surface area contributed by atoms with Gasteiger partial charge in [0.2, 0.25) is 0 Å². The minimum absolute atomic E-state index is 0.179. The molecule has 2 rings (SSSR count). The Hall–Kier alpha value is -2.01. The van der Waals surface area contributed by atoms with Crippen molar-refractivity contribution in [1.29, 1.82) is 0 Å². The second kappa shape index (κ2) is 5.91. The predicted molar refractivity (Wildman–Crippen MR) is 68.7 cm³/mol. The summed E-state index contributed by atoms with van der Waals surface area (Å²) in [5.74, 6) is 0. The lowest BCUT2D eigenvalue weighted by Gasteiger charge is -2.07. The first-order chi connectivity index (χ1) is 8.34. The molecule has 1 aromatic carbocycles. The lowest BCUT2D eigenvalue weighted by Crippen LogP contribution is -2.25. The zero-order chi connectivity index (χ0) is 11.9. The molecule has 0 aliphatic rings. The first-order valence-corrected chi connectivity index (χ1v) is 5.85. The molecule has 2 N–H and O–H groups in total. The van der Waals surface area contributed by atoms with Crippen LogP contribution in [0.2, 0.25) is 0 Å². The largest absolute Gasteiger partial charge is 0.302 e. The molecule has 5 heteroatoms. The highest BCUT2D eigenvalue weighted by molar-refractivity contribution is 8.13. The molecule has 86 valence electrons. The van der Waals surface area contributed by atoms with Crippen LogP contribution in [0, 0.1) is 0 Å². The SMILES string of the molecule is O=C(NNc1ccccc1)Sc1cccnc1. The maximum Gasteiger partial charge on any atom is 0.302 e. The molecule has 1 aromatic heterocycles. The van der Waals surface area contributed by atoms with Gasteiger partial charge >= 0.3 is 5.24 Å². The van der Waals surface area contributed by atoms with Crippen molar-refractivity contribution in [2.75, 3.05) is 5.43 Å². The van der Waals surface area contributed by atoms with Crippen LogP contribution in [-0.4, -0.2) is 10.2 Å². The van der Waals surface area contributed by atoms with Crippen molar-refractivity contribution in [2.24, 2.45) is 0 Å². The Morgan fingerprint density at radius 3 is 2.65 bits per heavy atom. The van der Waals surface area contributed by atoms with Gasteiger partial charge in [-0.1, -0.05) is 18.2 Å². The zero-order valence-electron chi connectivity index (χ0n) is 8.96. The maximum atomic E-state index is 11.5. The number of carbonyl (C=O) groups is 1. The molecule has 0 atom stereocenters. The van der Waals surface area contributed by atoms with Crippen LogP contribution in [0.1, 0.15) is 0 Å². The fraction of sp³-hybridized carbons (Fsp3) is 0. The van der Waals surface area contributed by atoms with Crippen LogP contribution in [0.15, 0.2) is 59.8 Å². The number of hydrazine groups is 1. The van der Waals surface area contributed by atoms with E-state index in [1.807, 2.05) is 36.4 Å². The minimum atomic E-state index is -0.179. The Labute approximate surface area is 103 Å². The summed E-state index contributed by atoms with van der Waals surface area (Å²) in [4.78, 5) is 16.3. The van der Waals surface area contributed by atoms with Crippen molar-refractivity contribution < 1.29 is 4.79 Å². The Morgan fingerprint density at radius 2 is 1.94 bits per heavy atom. The van der Waals surface area contributed by atoms with Gasteiger partial charge in [-0.25, -0.2) is 0 Å². The minimum Gasteiger partial charge on any atom is -0.298 e.